The van der Waals surface area contributed by atoms with Crippen LogP contribution in [0.4, 0.5) is 5.69 Å². The van der Waals surface area contributed by atoms with Gasteiger partial charge in [-0.1, -0.05) is 19.1 Å². The molecule has 0 spiro atoms. The fourth-order valence-corrected chi connectivity index (χ4v) is 3.46. The highest BCUT2D eigenvalue weighted by Crippen LogP contribution is 2.34. The van der Waals surface area contributed by atoms with Crippen molar-refractivity contribution < 1.29 is 19.1 Å². The number of carboxylic acid groups (broad SMARTS) is 1. The van der Waals surface area contributed by atoms with Crippen molar-refractivity contribution in [2.24, 2.45) is 0 Å². The summed E-state index contributed by atoms with van der Waals surface area (Å²) in [5.74, 6) is -0.135. The molecule has 0 saturated heterocycles. The van der Waals surface area contributed by atoms with Gasteiger partial charge in [0.2, 0.25) is 0 Å². The predicted molar refractivity (Wildman–Crippen MR) is 101 cm³/mol. The maximum Gasteiger partial charge on any atom is 0.336 e. The molecule has 1 N–H and O–H groups in total. The highest BCUT2D eigenvalue weighted by molar-refractivity contribution is 5.85. The lowest BCUT2D eigenvalue weighted by molar-refractivity contribution is -0.136. The largest absolute Gasteiger partial charge is 0.481 e. The molecule has 0 amide bonds. The van der Waals surface area contributed by atoms with Gasteiger partial charge in [0.15, 0.2) is 6.73 Å². The van der Waals surface area contributed by atoms with E-state index in [1.165, 1.54) is 6.07 Å². The molecule has 0 fully saturated rings. The smallest absolute Gasteiger partial charge is 0.336 e. The van der Waals surface area contributed by atoms with Gasteiger partial charge in [0.25, 0.3) is 0 Å². The van der Waals surface area contributed by atoms with E-state index in [0.717, 1.165) is 39.9 Å². The van der Waals surface area contributed by atoms with E-state index in [-0.39, 0.29) is 12.0 Å². The Labute approximate surface area is 155 Å². The minimum atomic E-state index is -0.855. The first-order valence-corrected chi connectivity index (χ1v) is 8.82. The van der Waals surface area contributed by atoms with Gasteiger partial charge in [0.05, 0.1) is 18.5 Å². The number of benzene rings is 2. The Balaban J connectivity index is 1.70. The number of aryl methyl sites for hydroxylation is 1. The van der Waals surface area contributed by atoms with Crippen LogP contribution in [0, 0.1) is 0 Å². The fraction of sp³-hybridized carbons (Fsp3) is 0.238. The molecule has 6 nitrogen and oxygen atoms in total. The lowest BCUT2D eigenvalue weighted by Crippen LogP contribution is -2.32. The summed E-state index contributed by atoms with van der Waals surface area (Å²) in [6.07, 6.45) is 0.742. The van der Waals surface area contributed by atoms with E-state index in [1.54, 1.807) is 12.1 Å². The van der Waals surface area contributed by atoms with E-state index in [2.05, 4.69) is 0 Å². The number of aliphatic carboxylic acids is 1. The molecule has 1 aromatic heterocycles. The van der Waals surface area contributed by atoms with Gasteiger partial charge in [-0.2, -0.15) is 0 Å². The molecule has 0 unspecified atom stereocenters. The van der Waals surface area contributed by atoms with Crippen molar-refractivity contribution in [2.45, 2.75) is 26.3 Å². The molecule has 138 valence electrons. The molecule has 2 aromatic carbocycles. The predicted octanol–water partition coefficient (Wildman–Crippen LogP) is 3.34. The van der Waals surface area contributed by atoms with Crippen LogP contribution >= 0.6 is 0 Å². The van der Waals surface area contributed by atoms with Crippen LogP contribution in [0.15, 0.2) is 51.7 Å². The molecule has 0 atom stereocenters. The summed E-state index contributed by atoms with van der Waals surface area (Å²) in [7, 11) is 0. The van der Waals surface area contributed by atoms with Crippen LogP contribution in [0.3, 0.4) is 0 Å². The minimum absolute atomic E-state index is 0.00476. The van der Waals surface area contributed by atoms with Crippen molar-refractivity contribution in [2.75, 3.05) is 11.6 Å². The zero-order valence-corrected chi connectivity index (χ0v) is 14.9. The van der Waals surface area contributed by atoms with Gasteiger partial charge in [0.1, 0.15) is 11.3 Å². The van der Waals surface area contributed by atoms with Crippen LogP contribution in [-0.2, 0) is 24.2 Å². The van der Waals surface area contributed by atoms with Crippen molar-refractivity contribution >= 4 is 22.6 Å². The molecule has 0 saturated carbocycles. The summed E-state index contributed by atoms with van der Waals surface area (Å²) < 4.78 is 11.4. The molecule has 1 aliphatic rings. The second kappa shape index (κ2) is 6.79. The first kappa shape index (κ1) is 17.1. The third-order valence-corrected chi connectivity index (χ3v) is 4.82. The van der Waals surface area contributed by atoms with Crippen molar-refractivity contribution in [3.63, 3.8) is 0 Å². The summed E-state index contributed by atoms with van der Waals surface area (Å²) in [5.41, 5.74) is 3.68. The van der Waals surface area contributed by atoms with Crippen LogP contribution in [0.25, 0.3) is 11.0 Å². The highest BCUT2D eigenvalue weighted by atomic mass is 16.5. The Morgan fingerprint density at radius 2 is 1.96 bits per heavy atom. The summed E-state index contributed by atoms with van der Waals surface area (Å²) in [6.45, 7) is 2.92. The number of carbonyl (C=O) groups is 1. The molecule has 1 aliphatic heterocycles. The van der Waals surface area contributed by atoms with E-state index in [1.807, 2.05) is 36.1 Å². The average Bonchev–Trinajstić information content (AvgIpc) is 2.67. The Kier molecular flexibility index (Phi) is 4.32. The topological polar surface area (TPSA) is 80.0 Å². The lowest BCUT2D eigenvalue weighted by atomic mass is 10.0. The number of nitrogens with zero attached hydrogens (tertiary/aromatic N) is 1. The van der Waals surface area contributed by atoms with Gasteiger partial charge in [-0.05, 0) is 41.8 Å². The molecule has 3 aromatic rings. The van der Waals surface area contributed by atoms with Crippen LogP contribution < -0.4 is 15.3 Å². The highest BCUT2D eigenvalue weighted by Gasteiger charge is 2.22. The molecule has 2 heterocycles. The molecule has 0 radical (unpaired) electrons. The Bertz CT molecular complexity index is 1070. The van der Waals surface area contributed by atoms with Crippen molar-refractivity contribution in [1.82, 2.24) is 0 Å². The summed E-state index contributed by atoms with van der Waals surface area (Å²) in [6, 6.07) is 12.8. The number of hydrogen-bond acceptors (Lipinski definition) is 5. The van der Waals surface area contributed by atoms with E-state index in [9.17, 15) is 9.59 Å². The van der Waals surface area contributed by atoms with Gasteiger partial charge in [0, 0.05) is 17.1 Å². The van der Waals surface area contributed by atoms with Crippen molar-refractivity contribution in [3.8, 4) is 5.75 Å². The monoisotopic (exact) mass is 365 g/mol. The lowest BCUT2D eigenvalue weighted by Gasteiger charge is -2.31. The number of fused-ring (bicyclic) bond motifs is 3. The van der Waals surface area contributed by atoms with Gasteiger partial charge in [-0.15, -0.1) is 0 Å². The van der Waals surface area contributed by atoms with E-state index in [4.69, 9.17) is 14.3 Å². The molecule has 27 heavy (non-hydrogen) atoms. The van der Waals surface area contributed by atoms with Gasteiger partial charge in [-0.3, -0.25) is 4.79 Å². The molecule has 6 heteroatoms. The number of ether oxygens (including phenoxy) is 1. The molecule has 0 bridgehead atoms. The normalized spacial score (nSPS) is 13.3. The summed E-state index contributed by atoms with van der Waals surface area (Å²) >= 11 is 0. The van der Waals surface area contributed by atoms with E-state index in [0.29, 0.717) is 18.9 Å². The Hall–Kier alpha value is -3.28. The zero-order valence-electron chi connectivity index (χ0n) is 14.9. The third kappa shape index (κ3) is 3.26. The second-order valence-electron chi connectivity index (χ2n) is 6.57. The first-order chi connectivity index (χ1) is 13.0. The minimum Gasteiger partial charge on any atom is -0.481 e. The number of anilines is 1. The Morgan fingerprint density at radius 3 is 2.67 bits per heavy atom. The van der Waals surface area contributed by atoms with Crippen LogP contribution in [-0.4, -0.2) is 17.8 Å². The molecule has 0 aliphatic carbocycles. The van der Waals surface area contributed by atoms with E-state index < -0.39 is 5.97 Å². The maximum atomic E-state index is 12.0. The first-order valence-electron chi connectivity index (χ1n) is 8.82. The maximum absolute atomic E-state index is 12.0. The van der Waals surface area contributed by atoms with Crippen molar-refractivity contribution in [1.29, 1.82) is 0 Å². The third-order valence-electron chi connectivity index (χ3n) is 4.82. The van der Waals surface area contributed by atoms with Gasteiger partial charge >= 0.3 is 11.6 Å². The quantitative estimate of drug-likeness (QED) is 0.715. The number of hydrogen-bond donors (Lipinski definition) is 1. The van der Waals surface area contributed by atoms with Gasteiger partial charge < -0.3 is 19.2 Å². The number of rotatable bonds is 4. The number of carboxylic acids is 1. The molecular weight excluding hydrogens is 346 g/mol. The van der Waals surface area contributed by atoms with Crippen LogP contribution in [0.2, 0.25) is 0 Å². The SMILES string of the molecule is CCc1cc(=O)oc2c3c(ccc12)OCN(c1ccc(CC(=O)O)cc1)C3. The standard InChI is InChI=1S/C21H19NO5/c1-2-14-10-20(25)27-21-16(14)7-8-18-17(21)11-22(12-26-18)15-5-3-13(4-6-15)9-19(23)24/h3-8,10H,2,9,11-12H2,1H3,(H,23,24). The zero-order chi connectivity index (χ0) is 19.0. The van der Waals surface area contributed by atoms with Crippen LogP contribution in [0.1, 0.15) is 23.6 Å². The molecule has 4 rings (SSSR count). The van der Waals surface area contributed by atoms with Crippen LogP contribution in [0.5, 0.6) is 5.75 Å². The van der Waals surface area contributed by atoms with E-state index >= 15 is 0 Å². The Morgan fingerprint density at radius 1 is 1.19 bits per heavy atom. The molecular formula is C21H19NO5. The van der Waals surface area contributed by atoms with Crippen molar-refractivity contribution in [3.05, 3.63) is 69.6 Å². The summed E-state index contributed by atoms with van der Waals surface area (Å²) in [4.78, 5) is 24.8. The summed E-state index contributed by atoms with van der Waals surface area (Å²) in [5, 5.41) is 9.82. The fourth-order valence-electron chi connectivity index (χ4n) is 3.46. The van der Waals surface area contributed by atoms with Gasteiger partial charge in [-0.25, -0.2) is 4.79 Å². The second-order valence-corrected chi connectivity index (χ2v) is 6.57. The average molecular weight is 365 g/mol.